The Labute approximate surface area is 96.7 Å². The van der Waals surface area contributed by atoms with Crippen LogP contribution in [0.4, 0.5) is 0 Å². The van der Waals surface area contributed by atoms with Crippen molar-refractivity contribution in [2.75, 3.05) is 0 Å². The van der Waals surface area contributed by atoms with Gasteiger partial charge in [0, 0.05) is 28.7 Å². The highest BCUT2D eigenvalue weighted by Crippen LogP contribution is 2.26. The quantitative estimate of drug-likeness (QED) is 0.671. The highest BCUT2D eigenvalue weighted by Gasteiger charge is 2.09. The van der Waals surface area contributed by atoms with E-state index in [2.05, 4.69) is 61.4 Å². The minimum atomic E-state index is 0.865. The standard InChI is InChI=1S/C15H17N/c1-4-8-13-12(3)16(11-5-2)15-10-7-6-9-14(13)15/h4-10H,2,11H2,1,3H3. The summed E-state index contributed by atoms with van der Waals surface area (Å²) in [6.07, 6.45) is 6.21. The molecule has 1 heteroatoms. The number of nitrogens with zero attached hydrogens (tertiary/aromatic N) is 1. The van der Waals surface area contributed by atoms with Gasteiger partial charge in [-0.05, 0) is 19.9 Å². The Balaban J connectivity index is 2.79. The van der Waals surface area contributed by atoms with E-state index in [0.717, 1.165) is 6.54 Å². The van der Waals surface area contributed by atoms with Gasteiger partial charge < -0.3 is 4.57 Å². The van der Waals surface area contributed by atoms with Gasteiger partial charge in [-0.15, -0.1) is 6.58 Å². The first kappa shape index (κ1) is 10.7. The molecule has 0 amide bonds. The lowest BCUT2D eigenvalue weighted by Crippen LogP contribution is -1.97. The van der Waals surface area contributed by atoms with Gasteiger partial charge in [0.05, 0.1) is 0 Å². The zero-order valence-corrected chi connectivity index (χ0v) is 9.90. The van der Waals surface area contributed by atoms with Crippen LogP contribution in [0, 0.1) is 6.92 Å². The van der Waals surface area contributed by atoms with Crippen molar-refractivity contribution in [3.05, 3.63) is 54.3 Å². The third-order valence-electron chi connectivity index (χ3n) is 2.92. The van der Waals surface area contributed by atoms with Crippen molar-refractivity contribution in [1.29, 1.82) is 0 Å². The molecule has 0 unspecified atom stereocenters. The zero-order valence-electron chi connectivity index (χ0n) is 9.90. The van der Waals surface area contributed by atoms with Gasteiger partial charge in [-0.3, -0.25) is 0 Å². The summed E-state index contributed by atoms with van der Waals surface area (Å²) in [5.74, 6) is 0. The van der Waals surface area contributed by atoms with E-state index in [1.807, 2.05) is 6.08 Å². The Hall–Kier alpha value is -1.76. The largest absolute Gasteiger partial charge is 0.340 e. The van der Waals surface area contributed by atoms with Crippen molar-refractivity contribution in [1.82, 2.24) is 4.57 Å². The molecule has 0 N–H and O–H groups in total. The fourth-order valence-electron chi connectivity index (χ4n) is 2.20. The molecule has 2 rings (SSSR count). The molecule has 0 aliphatic rings. The lowest BCUT2D eigenvalue weighted by Gasteiger charge is -2.03. The van der Waals surface area contributed by atoms with Gasteiger partial charge in [-0.25, -0.2) is 0 Å². The second kappa shape index (κ2) is 4.40. The Morgan fingerprint density at radius 2 is 2.06 bits per heavy atom. The number of para-hydroxylation sites is 1. The van der Waals surface area contributed by atoms with Crippen LogP contribution in [0.1, 0.15) is 18.2 Å². The number of rotatable bonds is 3. The monoisotopic (exact) mass is 211 g/mol. The van der Waals surface area contributed by atoms with E-state index in [9.17, 15) is 0 Å². The van der Waals surface area contributed by atoms with Crippen LogP contribution in [-0.2, 0) is 6.54 Å². The predicted octanol–water partition coefficient (Wildman–Crippen LogP) is 4.17. The third-order valence-corrected chi connectivity index (χ3v) is 2.92. The lowest BCUT2D eigenvalue weighted by atomic mass is 10.1. The molecule has 2 aromatic rings. The van der Waals surface area contributed by atoms with Crippen molar-refractivity contribution in [3.63, 3.8) is 0 Å². The fourth-order valence-corrected chi connectivity index (χ4v) is 2.20. The number of benzene rings is 1. The zero-order chi connectivity index (χ0) is 11.5. The summed E-state index contributed by atoms with van der Waals surface area (Å²) in [6, 6.07) is 8.52. The van der Waals surface area contributed by atoms with E-state index in [1.165, 1.54) is 22.2 Å². The predicted molar refractivity (Wildman–Crippen MR) is 71.6 cm³/mol. The SMILES string of the molecule is C=CCn1c(C)c(C=CC)c2ccccc21. The van der Waals surface area contributed by atoms with Gasteiger partial charge in [-0.2, -0.15) is 0 Å². The van der Waals surface area contributed by atoms with E-state index in [-0.39, 0.29) is 0 Å². The normalized spacial score (nSPS) is 11.4. The van der Waals surface area contributed by atoms with Crippen LogP contribution < -0.4 is 0 Å². The summed E-state index contributed by atoms with van der Waals surface area (Å²) < 4.78 is 2.30. The summed E-state index contributed by atoms with van der Waals surface area (Å²) in [4.78, 5) is 0. The highest BCUT2D eigenvalue weighted by molar-refractivity contribution is 5.91. The van der Waals surface area contributed by atoms with E-state index >= 15 is 0 Å². The van der Waals surface area contributed by atoms with Crippen molar-refractivity contribution in [2.45, 2.75) is 20.4 Å². The molecular weight excluding hydrogens is 194 g/mol. The molecule has 0 aliphatic carbocycles. The minimum absolute atomic E-state index is 0.865. The van der Waals surface area contributed by atoms with Gasteiger partial charge in [0.25, 0.3) is 0 Å². The van der Waals surface area contributed by atoms with Crippen LogP contribution in [0.3, 0.4) is 0 Å². The number of hydrogen-bond donors (Lipinski definition) is 0. The molecule has 0 saturated heterocycles. The maximum atomic E-state index is 3.82. The Morgan fingerprint density at radius 1 is 1.31 bits per heavy atom. The molecule has 1 aromatic heterocycles. The number of hydrogen-bond acceptors (Lipinski definition) is 0. The first-order valence-corrected chi connectivity index (χ1v) is 5.61. The molecule has 1 nitrogen and oxygen atoms in total. The molecule has 82 valence electrons. The van der Waals surface area contributed by atoms with Gasteiger partial charge >= 0.3 is 0 Å². The van der Waals surface area contributed by atoms with Crippen molar-refractivity contribution in [3.8, 4) is 0 Å². The molecule has 0 radical (unpaired) electrons. The summed E-state index contributed by atoms with van der Waals surface area (Å²) >= 11 is 0. The van der Waals surface area contributed by atoms with E-state index in [0.29, 0.717) is 0 Å². The summed E-state index contributed by atoms with van der Waals surface area (Å²) in [7, 11) is 0. The fraction of sp³-hybridized carbons (Fsp3) is 0.200. The van der Waals surface area contributed by atoms with Crippen molar-refractivity contribution < 1.29 is 0 Å². The topological polar surface area (TPSA) is 4.93 Å². The molecule has 1 aromatic carbocycles. The Bertz CT molecular complexity index is 544. The smallest absolute Gasteiger partial charge is 0.0491 e. The molecule has 0 saturated carbocycles. The van der Waals surface area contributed by atoms with Gasteiger partial charge in [-0.1, -0.05) is 36.4 Å². The first-order chi connectivity index (χ1) is 7.79. The van der Waals surface area contributed by atoms with Crippen molar-refractivity contribution in [2.24, 2.45) is 0 Å². The molecular formula is C15H17N. The Kier molecular flexibility index (Phi) is 2.95. The second-order valence-corrected chi connectivity index (χ2v) is 3.92. The maximum Gasteiger partial charge on any atom is 0.0491 e. The summed E-state index contributed by atoms with van der Waals surface area (Å²) in [5, 5.41) is 1.32. The maximum absolute atomic E-state index is 3.82. The summed E-state index contributed by atoms with van der Waals surface area (Å²) in [5.41, 5.74) is 3.91. The van der Waals surface area contributed by atoms with Gasteiger partial charge in [0.1, 0.15) is 0 Å². The number of aromatic nitrogens is 1. The molecule has 1 heterocycles. The highest BCUT2D eigenvalue weighted by atomic mass is 15.0. The molecule has 0 aliphatic heterocycles. The van der Waals surface area contributed by atoms with Crippen LogP contribution in [0.2, 0.25) is 0 Å². The van der Waals surface area contributed by atoms with Crippen LogP contribution in [0.5, 0.6) is 0 Å². The molecule has 16 heavy (non-hydrogen) atoms. The van der Waals surface area contributed by atoms with Crippen LogP contribution in [0.15, 0.2) is 43.0 Å². The van der Waals surface area contributed by atoms with Crippen LogP contribution in [-0.4, -0.2) is 4.57 Å². The average molecular weight is 211 g/mol. The number of allylic oxidation sites excluding steroid dienone is 2. The van der Waals surface area contributed by atoms with E-state index in [4.69, 9.17) is 0 Å². The molecule has 0 bridgehead atoms. The van der Waals surface area contributed by atoms with Crippen LogP contribution >= 0.6 is 0 Å². The molecule has 0 spiro atoms. The molecule has 0 atom stereocenters. The van der Waals surface area contributed by atoms with Gasteiger partial charge in [0.15, 0.2) is 0 Å². The average Bonchev–Trinajstić information content (AvgIpc) is 2.56. The van der Waals surface area contributed by atoms with Crippen molar-refractivity contribution >= 4 is 17.0 Å². The van der Waals surface area contributed by atoms with Gasteiger partial charge in [0.2, 0.25) is 0 Å². The van der Waals surface area contributed by atoms with E-state index in [1.54, 1.807) is 0 Å². The van der Waals surface area contributed by atoms with Crippen LogP contribution in [0.25, 0.3) is 17.0 Å². The third kappa shape index (κ3) is 1.58. The summed E-state index contributed by atoms with van der Waals surface area (Å²) in [6.45, 7) is 8.91. The second-order valence-electron chi connectivity index (χ2n) is 3.92. The lowest BCUT2D eigenvalue weighted by molar-refractivity contribution is 0.828. The molecule has 0 fully saturated rings. The van der Waals surface area contributed by atoms with E-state index < -0.39 is 0 Å². The first-order valence-electron chi connectivity index (χ1n) is 5.61. The minimum Gasteiger partial charge on any atom is -0.340 e. The Morgan fingerprint density at radius 3 is 2.75 bits per heavy atom. The number of fused-ring (bicyclic) bond motifs is 1.